The Kier molecular flexibility index (Phi) is 5.90. The van der Waals surface area contributed by atoms with Crippen molar-refractivity contribution in [3.63, 3.8) is 0 Å². The molecule has 0 saturated carbocycles. The molecule has 0 radical (unpaired) electrons. The zero-order valence-electron chi connectivity index (χ0n) is 10.6. The fraction of sp³-hybridized carbons (Fsp3) is 0.833. The highest BCUT2D eigenvalue weighted by Gasteiger charge is 2.03. The Morgan fingerprint density at radius 3 is 2.25 bits per heavy atom. The van der Waals surface area contributed by atoms with E-state index in [9.17, 15) is 0 Å². The molecule has 4 heteroatoms. The molecule has 0 aliphatic carbocycles. The normalized spacial score (nSPS) is 10.9. The topological polar surface area (TPSA) is 56.7 Å². The number of nitrogen functional groups attached to an aromatic ring is 1. The summed E-state index contributed by atoms with van der Waals surface area (Å²) in [5.41, 5.74) is 6.62. The highest BCUT2D eigenvalue weighted by molar-refractivity contribution is 5.31. The molecule has 1 aromatic heterocycles. The van der Waals surface area contributed by atoms with E-state index >= 15 is 0 Å². The quantitative estimate of drug-likeness (QED) is 0.691. The molecule has 1 aromatic rings. The van der Waals surface area contributed by atoms with Crippen molar-refractivity contribution in [1.82, 2.24) is 15.0 Å². The first-order valence-corrected chi connectivity index (χ1v) is 6.41. The highest BCUT2D eigenvalue weighted by atomic mass is 15.4. The number of nitrogens with two attached hydrogens (primary N) is 1. The van der Waals surface area contributed by atoms with E-state index in [0.717, 1.165) is 12.2 Å². The maximum absolute atomic E-state index is 5.63. The van der Waals surface area contributed by atoms with Crippen LogP contribution < -0.4 is 5.73 Å². The maximum Gasteiger partial charge on any atom is 0.168 e. The second-order valence-corrected chi connectivity index (χ2v) is 4.40. The Balaban J connectivity index is 2.05. The standard InChI is InChI=1S/C12H24N4/c1-3-4-5-6-7-8-9-10-16-11(2)12(13)14-15-16/h3-10,13H2,1-2H3. The lowest BCUT2D eigenvalue weighted by Gasteiger charge is -2.03. The smallest absolute Gasteiger partial charge is 0.168 e. The SMILES string of the molecule is CCCCCCCCCn1nnc(N)c1C. The van der Waals surface area contributed by atoms with Gasteiger partial charge < -0.3 is 5.73 Å². The predicted octanol–water partition coefficient (Wildman–Crippen LogP) is 2.92. The van der Waals surface area contributed by atoms with Gasteiger partial charge in [-0.2, -0.15) is 0 Å². The molecule has 0 amide bonds. The minimum Gasteiger partial charge on any atom is -0.381 e. The molecule has 1 rings (SSSR count). The molecule has 1 heterocycles. The van der Waals surface area contributed by atoms with Crippen molar-refractivity contribution in [3.05, 3.63) is 5.69 Å². The van der Waals surface area contributed by atoms with Gasteiger partial charge in [-0.3, -0.25) is 0 Å². The van der Waals surface area contributed by atoms with E-state index in [1.807, 2.05) is 11.6 Å². The molecule has 0 saturated heterocycles. The van der Waals surface area contributed by atoms with Crippen LogP contribution in [0.2, 0.25) is 0 Å². The third-order valence-electron chi connectivity index (χ3n) is 2.99. The van der Waals surface area contributed by atoms with Crippen LogP contribution in [0.3, 0.4) is 0 Å². The van der Waals surface area contributed by atoms with Gasteiger partial charge in [0.25, 0.3) is 0 Å². The van der Waals surface area contributed by atoms with Crippen molar-refractivity contribution in [2.24, 2.45) is 0 Å². The summed E-state index contributed by atoms with van der Waals surface area (Å²) >= 11 is 0. The van der Waals surface area contributed by atoms with Crippen LogP contribution in [-0.2, 0) is 6.54 Å². The van der Waals surface area contributed by atoms with Gasteiger partial charge in [0.05, 0.1) is 5.69 Å². The summed E-state index contributed by atoms with van der Waals surface area (Å²) in [5, 5.41) is 7.85. The summed E-state index contributed by atoms with van der Waals surface area (Å²) in [5.74, 6) is 0.558. The van der Waals surface area contributed by atoms with Gasteiger partial charge in [0, 0.05) is 6.54 Å². The van der Waals surface area contributed by atoms with Crippen LogP contribution in [0, 0.1) is 6.92 Å². The van der Waals surface area contributed by atoms with Crippen LogP contribution in [0.4, 0.5) is 5.82 Å². The van der Waals surface area contributed by atoms with Crippen molar-refractivity contribution in [2.45, 2.75) is 65.3 Å². The molecule has 92 valence electrons. The Bertz CT molecular complexity index is 293. The monoisotopic (exact) mass is 224 g/mol. The van der Waals surface area contributed by atoms with E-state index in [-0.39, 0.29) is 0 Å². The van der Waals surface area contributed by atoms with Gasteiger partial charge in [0.15, 0.2) is 5.82 Å². The lowest BCUT2D eigenvalue weighted by atomic mass is 10.1. The number of anilines is 1. The maximum atomic E-state index is 5.63. The van der Waals surface area contributed by atoms with Gasteiger partial charge in [0.1, 0.15) is 0 Å². The molecule has 0 atom stereocenters. The molecule has 0 unspecified atom stereocenters. The van der Waals surface area contributed by atoms with Crippen LogP contribution in [0.5, 0.6) is 0 Å². The summed E-state index contributed by atoms with van der Waals surface area (Å²) in [7, 11) is 0. The molecule has 0 bridgehead atoms. The van der Waals surface area contributed by atoms with E-state index in [4.69, 9.17) is 5.73 Å². The summed E-state index contributed by atoms with van der Waals surface area (Å²) in [6.45, 7) is 5.16. The molecular weight excluding hydrogens is 200 g/mol. The predicted molar refractivity (Wildman–Crippen MR) is 67.2 cm³/mol. The molecule has 0 aliphatic heterocycles. The van der Waals surface area contributed by atoms with E-state index < -0.39 is 0 Å². The van der Waals surface area contributed by atoms with Gasteiger partial charge >= 0.3 is 0 Å². The van der Waals surface area contributed by atoms with Crippen LogP contribution in [0.25, 0.3) is 0 Å². The second kappa shape index (κ2) is 7.25. The summed E-state index contributed by atoms with van der Waals surface area (Å²) < 4.78 is 1.90. The molecule has 0 spiro atoms. The van der Waals surface area contributed by atoms with Crippen LogP contribution in [0.1, 0.15) is 57.6 Å². The van der Waals surface area contributed by atoms with Crippen molar-refractivity contribution in [3.8, 4) is 0 Å². The van der Waals surface area contributed by atoms with Crippen molar-refractivity contribution < 1.29 is 0 Å². The van der Waals surface area contributed by atoms with E-state index in [1.165, 1.54) is 44.9 Å². The van der Waals surface area contributed by atoms with Gasteiger partial charge in [0.2, 0.25) is 0 Å². The Morgan fingerprint density at radius 2 is 1.69 bits per heavy atom. The first-order chi connectivity index (χ1) is 7.75. The largest absolute Gasteiger partial charge is 0.381 e. The Labute approximate surface area is 98.2 Å². The third kappa shape index (κ3) is 4.21. The number of nitrogens with zero attached hydrogens (tertiary/aromatic N) is 3. The van der Waals surface area contributed by atoms with Gasteiger partial charge in [-0.15, -0.1) is 5.10 Å². The molecule has 16 heavy (non-hydrogen) atoms. The zero-order chi connectivity index (χ0) is 11.8. The number of hydrogen-bond acceptors (Lipinski definition) is 3. The summed E-state index contributed by atoms with van der Waals surface area (Å²) in [6, 6.07) is 0. The van der Waals surface area contributed by atoms with Gasteiger partial charge in [-0.1, -0.05) is 50.7 Å². The number of aromatic nitrogens is 3. The van der Waals surface area contributed by atoms with E-state index in [1.54, 1.807) is 0 Å². The lowest BCUT2D eigenvalue weighted by molar-refractivity contribution is 0.506. The number of rotatable bonds is 8. The molecule has 0 aromatic carbocycles. The summed E-state index contributed by atoms with van der Waals surface area (Å²) in [6.07, 6.45) is 9.23. The second-order valence-electron chi connectivity index (χ2n) is 4.40. The lowest BCUT2D eigenvalue weighted by Crippen LogP contribution is -2.03. The average Bonchev–Trinajstić information content (AvgIpc) is 2.59. The first kappa shape index (κ1) is 13.0. The molecule has 2 N–H and O–H groups in total. The highest BCUT2D eigenvalue weighted by Crippen LogP contribution is 2.09. The molecule has 0 aliphatic rings. The Hall–Kier alpha value is -1.06. The molecule has 0 fully saturated rings. The minimum absolute atomic E-state index is 0.558. The van der Waals surface area contributed by atoms with E-state index in [2.05, 4.69) is 17.2 Å². The van der Waals surface area contributed by atoms with E-state index in [0.29, 0.717) is 5.82 Å². The zero-order valence-corrected chi connectivity index (χ0v) is 10.6. The minimum atomic E-state index is 0.558. The molecule has 4 nitrogen and oxygen atoms in total. The fourth-order valence-corrected chi connectivity index (χ4v) is 1.80. The number of unbranched alkanes of at least 4 members (excludes halogenated alkanes) is 6. The number of aryl methyl sites for hydroxylation is 1. The van der Waals surface area contributed by atoms with Crippen LogP contribution >= 0.6 is 0 Å². The van der Waals surface area contributed by atoms with Gasteiger partial charge in [-0.25, -0.2) is 4.68 Å². The van der Waals surface area contributed by atoms with Crippen molar-refractivity contribution in [2.75, 3.05) is 5.73 Å². The average molecular weight is 224 g/mol. The van der Waals surface area contributed by atoms with Crippen LogP contribution in [-0.4, -0.2) is 15.0 Å². The summed E-state index contributed by atoms with van der Waals surface area (Å²) in [4.78, 5) is 0. The first-order valence-electron chi connectivity index (χ1n) is 6.41. The third-order valence-corrected chi connectivity index (χ3v) is 2.99. The number of hydrogen-bond donors (Lipinski definition) is 1. The van der Waals surface area contributed by atoms with Crippen molar-refractivity contribution >= 4 is 5.82 Å². The van der Waals surface area contributed by atoms with Crippen LogP contribution in [0.15, 0.2) is 0 Å². The fourth-order valence-electron chi connectivity index (χ4n) is 1.80. The Morgan fingerprint density at radius 1 is 1.06 bits per heavy atom. The molecular formula is C12H24N4. The van der Waals surface area contributed by atoms with Crippen molar-refractivity contribution in [1.29, 1.82) is 0 Å². The van der Waals surface area contributed by atoms with Gasteiger partial charge in [-0.05, 0) is 13.3 Å².